The Hall–Kier alpha value is 0.400. The summed E-state index contributed by atoms with van der Waals surface area (Å²) in [5.41, 5.74) is 0. The van der Waals surface area contributed by atoms with Gasteiger partial charge >= 0.3 is 0 Å². The van der Waals surface area contributed by atoms with Crippen LogP contribution in [0.5, 0.6) is 0 Å². The molecule has 0 spiro atoms. The molecule has 1 aliphatic rings. The van der Waals surface area contributed by atoms with Crippen molar-refractivity contribution in [2.45, 2.75) is 19.3 Å². The predicted octanol–water partition coefficient (Wildman–Crippen LogP) is 2.00. The second-order valence-corrected chi connectivity index (χ2v) is 2.96. The number of halogens is 1. The van der Waals surface area contributed by atoms with E-state index in [9.17, 15) is 0 Å². The maximum Gasteiger partial charge on any atom is 0.0728 e. The van der Waals surface area contributed by atoms with Crippen LogP contribution in [-0.2, 0) is 0 Å². The van der Waals surface area contributed by atoms with Gasteiger partial charge in [-0.25, -0.2) is 0 Å². The molecule has 1 aliphatic heterocycles. The van der Waals surface area contributed by atoms with Crippen molar-refractivity contribution in [3.05, 3.63) is 0 Å². The monoisotopic (exact) mass is 209 g/mol. The molecule has 0 aliphatic carbocycles. The van der Waals surface area contributed by atoms with Crippen LogP contribution in [0.3, 0.4) is 0 Å². The molecule has 0 atom stereocenters. The van der Waals surface area contributed by atoms with Crippen molar-refractivity contribution in [2.75, 3.05) is 6.54 Å². The lowest BCUT2D eigenvalue weighted by Crippen LogP contribution is -1.96. The SMILES string of the molecule is IC1=NCCCC1. The highest BCUT2D eigenvalue weighted by Gasteiger charge is 1.98. The van der Waals surface area contributed by atoms with Gasteiger partial charge in [0.2, 0.25) is 0 Å². The van der Waals surface area contributed by atoms with Gasteiger partial charge in [0, 0.05) is 6.54 Å². The van der Waals surface area contributed by atoms with Crippen molar-refractivity contribution in [1.82, 2.24) is 0 Å². The molecule has 0 radical (unpaired) electrons. The third-order valence-electron chi connectivity index (χ3n) is 1.07. The first-order valence-electron chi connectivity index (χ1n) is 2.58. The van der Waals surface area contributed by atoms with Crippen LogP contribution in [0.15, 0.2) is 4.99 Å². The van der Waals surface area contributed by atoms with E-state index >= 15 is 0 Å². The fourth-order valence-electron chi connectivity index (χ4n) is 0.662. The van der Waals surface area contributed by atoms with Crippen LogP contribution >= 0.6 is 22.6 Å². The van der Waals surface area contributed by atoms with Crippen molar-refractivity contribution < 1.29 is 0 Å². The molecule has 0 saturated heterocycles. The Bertz CT molecular complexity index is 88.1. The summed E-state index contributed by atoms with van der Waals surface area (Å²) in [4.78, 5) is 4.23. The largest absolute Gasteiger partial charge is 0.283 e. The van der Waals surface area contributed by atoms with Gasteiger partial charge in [-0.15, -0.1) is 0 Å². The molecule has 2 heteroatoms. The van der Waals surface area contributed by atoms with Crippen molar-refractivity contribution in [3.8, 4) is 0 Å². The summed E-state index contributed by atoms with van der Waals surface area (Å²) in [6.07, 6.45) is 3.87. The molecular weight excluding hydrogens is 201 g/mol. The first kappa shape index (κ1) is 5.54. The average Bonchev–Trinajstić information content (AvgIpc) is 1.69. The number of rotatable bonds is 0. The molecule has 0 saturated carbocycles. The number of hydrogen-bond donors (Lipinski definition) is 0. The highest BCUT2D eigenvalue weighted by molar-refractivity contribution is 14.1. The molecule has 0 aromatic carbocycles. The minimum absolute atomic E-state index is 1.07. The van der Waals surface area contributed by atoms with Gasteiger partial charge in [-0.1, -0.05) is 0 Å². The van der Waals surface area contributed by atoms with Gasteiger partial charge in [-0.05, 0) is 41.9 Å². The third-order valence-corrected chi connectivity index (χ3v) is 1.96. The first-order chi connectivity index (χ1) is 3.39. The van der Waals surface area contributed by atoms with Crippen molar-refractivity contribution >= 4 is 26.3 Å². The summed E-state index contributed by atoms with van der Waals surface area (Å²) in [6.45, 7) is 1.07. The van der Waals surface area contributed by atoms with E-state index in [-0.39, 0.29) is 0 Å². The molecule has 1 heterocycles. The van der Waals surface area contributed by atoms with Crippen molar-refractivity contribution in [2.24, 2.45) is 4.99 Å². The van der Waals surface area contributed by atoms with Gasteiger partial charge in [-0.3, -0.25) is 4.99 Å². The maximum atomic E-state index is 4.23. The normalized spacial score (nSPS) is 21.6. The lowest BCUT2D eigenvalue weighted by Gasteiger charge is -2.03. The minimum Gasteiger partial charge on any atom is -0.283 e. The van der Waals surface area contributed by atoms with E-state index in [0.717, 1.165) is 6.54 Å². The molecule has 1 nitrogen and oxygen atoms in total. The Balaban J connectivity index is 2.40. The predicted molar refractivity (Wildman–Crippen MR) is 40.2 cm³/mol. The molecule has 0 N–H and O–H groups in total. The summed E-state index contributed by atoms with van der Waals surface area (Å²) < 4.78 is 1.31. The van der Waals surface area contributed by atoms with E-state index in [0.29, 0.717) is 0 Å². The average molecular weight is 209 g/mol. The summed E-state index contributed by atoms with van der Waals surface area (Å²) in [7, 11) is 0. The number of hydrogen-bond acceptors (Lipinski definition) is 1. The van der Waals surface area contributed by atoms with Crippen LogP contribution in [0, 0.1) is 0 Å². The van der Waals surface area contributed by atoms with Crippen LogP contribution < -0.4 is 0 Å². The second-order valence-electron chi connectivity index (χ2n) is 1.72. The van der Waals surface area contributed by atoms with E-state index in [1.165, 1.54) is 23.0 Å². The third kappa shape index (κ3) is 1.76. The number of nitrogens with zero attached hydrogens (tertiary/aromatic N) is 1. The maximum absolute atomic E-state index is 4.23. The Labute approximate surface area is 57.4 Å². The van der Waals surface area contributed by atoms with Gasteiger partial charge in [0.15, 0.2) is 0 Å². The van der Waals surface area contributed by atoms with Gasteiger partial charge in [0.25, 0.3) is 0 Å². The molecule has 7 heavy (non-hydrogen) atoms. The molecule has 0 aromatic rings. The molecule has 1 rings (SSSR count). The van der Waals surface area contributed by atoms with Crippen LogP contribution in [0.1, 0.15) is 19.3 Å². The van der Waals surface area contributed by atoms with E-state index in [4.69, 9.17) is 0 Å². The van der Waals surface area contributed by atoms with Crippen LogP contribution in [0.2, 0.25) is 0 Å². The molecule has 0 fully saturated rings. The molecular formula is C5H8IN. The van der Waals surface area contributed by atoms with E-state index in [1.54, 1.807) is 0 Å². The van der Waals surface area contributed by atoms with E-state index in [2.05, 4.69) is 27.6 Å². The summed E-state index contributed by atoms with van der Waals surface area (Å²) in [5, 5.41) is 0. The molecule has 0 amide bonds. The topological polar surface area (TPSA) is 12.4 Å². The molecule has 0 bridgehead atoms. The zero-order chi connectivity index (χ0) is 5.11. The Morgan fingerprint density at radius 2 is 2.29 bits per heavy atom. The first-order valence-corrected chi connectivity index (χ1v) is 3.66. The van der Waals surface area contributed by atoms with Gasteiger partial charge in [0.05, 0.1) is 3.72 Å². The fourth-order valence-corrected chi connectivity index (χ4v) is 1.28. The summed E-state index contributed by atoms with van der Waals surface area (Å²) in [6, 6.07) is 0. The van der Waals surface area contributed by atoms with Crippen molar-refractivity contribution in [1.29, 1.82) is 0 Å². The van der Waals surface area contributed by atoms with Crippen molar-refractivity contribution in [3.63, 3.8) is 0 Å². The second kappa shape index (κ2) is 2.64. The smallest absolute Gasteiger partial charge is 0.0728 e. The van der Waals surface area contributed by atoms with Crippen LogP contribution in [-0.4, -0.2) is 10.3 Å². The molecule has 0 unspecified atom stereocenters. The zero-order valence-electron chi connectivity index (χ0n) is 4.15. The quantitative estimate of drug-likeness (QED) is 0.541. The summed E-state index contributed by atoms with van der Waals surface area (Å²) >= 11 is 2.31. The number of aliphatic imine (C=N–C) groups is 1. The van der Waals surface area contributed by atoms with Gasteiger partial charge in [-0.2, -0.15) is 0 Å². The fraction of sp³-hybridized carbons (Fsp3) is 0.800. The van der Waals surface area contributed by atoms with E-state index < -0.39 is 0 Å². The zero-order valence-corrected chi connectivity index (χ0v) is 6.31. The highest BCUT2D eigenvalue weighted by Crippen LogP contribution is 2.09. The standard InChI is InChI=1S/C5H8IN/c6-5-3-1-2-4-7-5/h1-4H2. The molecule has 0 aromatic heterocycles. The Morgan fingerprint density at radius 3 is 2.57 bits per heavy atom. The van der Waals surface area contributed by atoms with Crippen LogP contribution in [0.4, 0.5) is 0 Å². The minimum atomic E-state index is 1.07. The van der Waals surface area contributed by atoms with Crippen LogP contribution in [0.25, 0.3) is 0 Å². The Morgan fingerprint density at radius 1 is 1.43 bits per heavy atom. The highest BCUT2D eigenvalue weighted by atomic mass is 127. The van der Waals surface area contributed by atoms with Gasteiger partial charge in [0.1, 0.15) is 0 Å². The molecule has 40 valence electrons. The summed E-state index contributed by atoms with van der Waals surface area (Å²) in [5.74, 6) is 0. The van der Waals surface area contributed by atoms with E-state index in [1.807, 2.05) is 0 Å². The lowest BCUT2D eigenvalue weighted by molar-refractivity contribution is 0.747. The van der Waals surface area contributed by atoms with Gasteiger partial charge < -0.3 is 0 Å². The Kier molecular flexibility index (Phi) is 2.09. The lowest BCUT2D eigenvalue weighted by atomic mass is 10.2.